The molecule has 0 aromatic carbocycles. The molecule has 0 amide bonds. The fourth-order valence-corrected chi connectivity index (χ4v) is 0. The van der Waals surface area contributed by atoms with Crippen molar-refractivity contribution >= 4 is 21.4 Å². The molecule has 0 aromatic rings. The Labute approximate surface area is 48.4 Å². The Bertz CT molecular complexity index is 135. The van der Waals surface area contributed by atoms with Gasteiger partial charge in [0.25, 0.3) is 0 Å². The molecular formula is C3H6ClO2S. The molecule has 43 valence electrons. The Morgan fingerprint density at radius 2 is 1.86 bits per heavy atom. The normalized spacial score (nSPS) is 16.4. The Balaban J connectivity index is 4.10. The molecule has 0 rings (SSSR count). The van der Waals surface area contributed by atoms with Gasteiger partial charge in [0, 0.05) is 6.26 Å². The predicted molar refractivity (Wildman–Crippen MR) is 29.8 cm³/mol. The molecule has 0 bridgehead atoms. The first kappa shape index (κ1) is 7.24. The van der Waals surface area contributed by atoms with Gasteiger partial charge in [0.15, 0.2) is 9.84 Å². The summed E-state index contributed by atoms with van der Waals surface area (Å²) in [5.74, 6) is 0. The lowest BCUT2D eigenvalue weighted by Gasteiger charge is -1.93. The van der Waals surface area contributed by atoms with E-state index in [4.69, 9.17) is 11.6 Å². The van der Waals surface area contributed by atoms with Gasteiger partial charge < -0.3 is 0 Å². The summed E-state index contributed by atoms with van der Waals surface area (Å²) in [6.45, 7) is 3.09. The summed E-state index contributed by atoms with van der Waals surface area (Å²) in [5.41, 5.74) is 0. The SMILES string of the molecule is [CH2]C(Cl)S(C)(=O)=O. The van der Waals surface area contributed by atoms with Gasteiger partial charge in [-0.25, -0.2) is 8.42 Å². The van der Waals surface area contributed by atoms with Crippen molar-refractivity contribution in [2.45, 2.75) is 4.71 Å². The molecule has 1 radical (unpaired) electrons. The minimum absolute atomic E-state index is 1.01. The standard InChI is InChI=1S/C3H6ClO2S/c1-3(4)7(2,5)6/h3H,1H2,2H3. The van der Waals surface area contributed by atoms with Crippen molar-refractivity contribution in [3.8, 4) is 0 Å². The van der Waals surface area contributed by atoms with Crippen LogP contribution in [0.25, 0.3) is 0 Å². The van der Waals surface area contributed by atoms with Crippen LogP contribution in [0.3, 0.4) is 0 Å². The lowest BCUT2D eigenvalue weighted by molar-refractivity contribution is 0.602. The van der Waals surface area contributed by atoms with E-state index in [2.05, 4.69) is 6.92 Å². The Morgan fingerprint density at radius 1 is 1.71 bits per heavy atom. The highest BCUT2D eigenvalue weighted by Crippen LogP contribution is 1.99. The van der Waals surface area contributed by atoms with Gasteiger partial charge in [0.2, 0.25) is 0 Å². The molecule has 0 N–H and O–H groups in total. The zero-order valence-corrected chi connectivity index (χ0v) is 5.46. The number of alkyl halides is 1. The second-order valence-corrected chi connectivity index (χ2v) is 4.25. The highest BCUT2D eigenvalue weighted by molar-refractivity contribution is 7.92. The van der Waals surface area contributed by atoms with Gasteiger partial charge in [-0.1, -0.05) is 0 Å². The van der Waals surface area contributed by atoms with Crippen molar-refractivity contribution in [2.24, 2.45) is 0 Å². The molecule has 1 unspecified atom stereocenters. The van der Waals surface area contributed by atoms with Gasteiger partial charge in [-0.2, -0.15) is 0 Å². The minimum atomic E-state index is -3.09. The van der Waals surface area contributed by atoms with Crippen molar-refractivity contribution in [3.05, 3.63) is 6.92 Å². The third kappa shape index (κ3) is 2.88. The number of halogens is 1. The maximum atomic E-state index is 10.1. The summed E-state index contributed by atoms with van der Waals surface area (Å²) < 4.78 is 19.3. The van der Waals surface area contributed by atoms with Crippen molar-refractivity contribution in [3.63, 3.8) is 0 Å². The predicted octanol–water partition coefficient (Wildman–Crippen LogP) is 0.430. The second kappa shape index (κ2) is 2.01. The van der Waals surface area contributed by atoms with Gasteiger partial charge in [0.05, 0.1) is 0 Å². The Hall–Kier alpha value is 0.240. The molecule has 0 fully saturated rings. The maximum absolute atomic E-state index is 10.1. The molecule has 0 saturated carbocycles. The smallest absolute Gasteiger partial charge is 0.164 e. The average Bonchev–Trinajstić information content (AvgIpc) is 1.31. The van der Waals surface area contributed by atoms with Crippen LogP contribution in [0.5, 0.6) is 0 Å². The fourth-order valence-electron chi connectivity index (χ4n) is 0. The molecule has 0 saturated heterocycles. The molecule has 7 heavy (non-hydrogen) atoms. The van der Waals surface area contributed by atoms with Gasteiger partial charge >= 0.3 is 0 Å². The summed E-state index contributed by atoms with van der Waals surface area (Å²) in [4.78, 5) is 0. The number of sulfone groups is 1. The molecule has 0 spiro atoms. The molecule has 0 aliphatic carbocycles. The molecular weight excluding hydrogens is 136 g/mol. The van der Waals surface area contributed by atoms with Gasteiger partial charge in [-0.15, -0.1) is 11.6 Å². The van der Waals surface area contributed by atoms with Crippen molar-refractivity contribution in [1.29, 1.82) is 0 Å². The van der Waals surface area contributed by atoms with Crippen LogP contribution < -0.4 is 0 Å². The van der Waals surface area contributed by atoms with Crippen LogP contribution in [-0.4, -0.2) is 19.4 Å². The lowest BCUT2D eigenvalue weighted by Crippen LogP contribution is -2.07. The first-order valence-electron chi connectivity index (χ1n) is 1.60. The van der Waals surface area contributed by atoms with E-state index in [1.165, 1.54) is 0 Å². The largest absolute Gasteiger partial charge is 0.228 e. The van der Waals surface area contributed by atoms with Crippen molar-refractivity contribution in [1.82, 2.24) is 0 Å². The second-order valence-electron chi connectivity index (χ2n) is 1.24. The molecule has 4 heteroatoms. The quantitative estimate of drug-likeness (QED) is 0.497. The van der Waals surface area contributed by atoms with E-state index in [-0.39, 0.29) is 0 Å². The van der Waals surface area contributed by atoms with E-state index >= 15 is 0 Å². The zero-order valence-electron chi connectivity index (χ0n) is 3.89. The van der Waals surface area contributed by atoms with E-state index < -0.39 is 14.5 Å². The molecule has 1 atom stereocenters. The Kier molecular flexibility index (Phi) is 2.08. The van der Waals surface area contributed by atoms with Crippen molar-refractivity contribution < 1.29 is 8.42 Å². The van der Waals surface area contributed by atoms with Crippen LogP contribution >= 0.6 is 11.6 Å². The maximum Gasteiger partial charge on any atom is 0.164 e. The highest BCUT2D eigenvalue weighted by atomic mass is 35.5. The minimum Gasteiger partial charge on any atom is -0.228 e. The average molecular weight is 142 g/mol. The van der Waals surface area contributed by atoms with Crippen molar-refractivity contribution in [2.75, 3.05) is 6.26 Å². The number of hydrogen-bond acceptors (Lipinski definition) is 2. The summed E-state index contributed by atoms with van der Waals surface area (Å²) in [7, 11) is -3.09. The van der Waals surface area contributed by atoms with Crippen LogP contribution in [-0.2, 0) is 9.84 Å². The third-order valence-corrected chi connectivity index (χ3v) is 2.36. The molecule has 0 aliphatic rings. The van der Waals surface area contributed by atoms with Crippen LogP contribution in [0.1, 0.15) is 0 Å². The molecule has 2 nitrogen and oxygen atoms in total. The first-order chi connectivity index (χ1) is 2.94. The molecule has 0 aliphatic heterocycles. The summed E-state index contributed by atoms with van der Waals surface area (Å²) in [6, 6.07) is 0. The summed E-state index contributed by atoms with van der Waals surface area (Å²) >= 11 is 5.05. The molecule has 0 heterocycles. The zero-order chi connectivity index (χ0) is 6.08. The van der Waals surface area contributed by atoms with Crippen LogP contribution in [0.2, 0.25) is 0 Å². The lowest BCUT2D eigenvalue weighted by atomic mass is 11.0. The summed E-state index contributed by atoms with van der Waals surface area (Å²) in [5, 5.41) is 0. The van der Waals surface area contributed by atoms with Crippen LogP contribution in [0.15, 0.2) is 0 Å². The topological polar surface area (TPSA) is 34.1 Å². The van der Waals surface area contributed by atoms with E-state index in [0.717, 1.165) is 6.26 Å². The first-order valence-corrected chi connectivity index (χ1v) is 3.99. The van der Waals surface area contributed by atoms with Crippen LogP contribution in [0.4, 0.5) is 0 Å². The fraction of sp³-hybridized carbons (Fsp3) is 0.667. The number of hydrogen-bond donors (Lipinski definition) is 0. The van der Waals surface area contributed by atoms with E-state index in [0.29, 0.717) is 0 Å². The number of rotatable bonds is 1. The Morgan fingerprint density at radius 3 is 1.86 bits per heavy atom. The van der Waals surface area contributed by atoms with Gasteiger partial charge in [-0.05, 0) is 6.92 Å². The van der Waals surface area contributed by atoms with E-state index in [1.807, 2.05) is 0 Å². The van der Waals surface area contributed by atoms with Gasteiger partial charge in [0.1, 0.15) is 4.71 Å². The summed E-state index contributed by atoms with van der Waals surface area (Å²) in [6.07, 6.45) is 1.04. The third-order valence-electron chi connectivity index (χ3n) is 0.465. The van der Waals surface area contributed by atoms with Gasteiger partial charge in [-0.3, -0.25) is 0 Å². The van der Waals surface area contributed by atoms with Crippen LogP contribution in [0, 0.1) is 6.92 Å². The van der Waals surface area contributed by atoms with E-state index in [1.54, 1.807) is 0 Å². The monoisotopic (exact) mass is 141 g/mol. The van der Waals surface area contributed by atoms with E-state index in [9.17, 15) is 8.42 Å². The highest BCUT2D eigenvalue weighted by Gasteiger charge is 2.08. The molecule has 0 aromatic heterocycles.